The molecular weight excluding hydrogens is 731 g/mol. The predicted molar refractivity (Wildman–Crippen MR) is 249 cm³/mol. The van der Waals surface area contributed by atoms with E-state index >= 15 is 0 Å². The van der Waals surface area contributed by atoms with Gasteiger partial charge in [0, 0.05) is 37.0 Å². The van der Waals surface area contributed by atoms with E-state index in [4.69, 9.17) is 0 Å². The second-order valence-electron chi connectivity index (χ2n) is 16.1. The molecule has 1 heterocycles. The average Bonchev–Trinajstić information content (AvgIpc) is 3.92. The Kier molecular flexibility index (Phi) is 7.51. The summed E-state index contributed by atoms with van der Waals surface area (Å²) in [4.78, 5) is 2.53. The molecule has 278 valence electrons. The number of thiophene rings is 1. The molecule has 2 aliphatic rings. The first-order chi connectivity index (χ1) is 29.2. The van der Waals surface area contributed by atoms with Crippen LogP contribution in [0.3, 0.4) is 0 Å². The Morgan fingerprint density at radius 2 is 0.898 bits per heavy atom. The van der Waals surface area contributed by atoms with E-state index in [1.54, 1.807) is 0 Å². The van der Waals surface area contributed by atoms with Crippen molar-refractivity contribution >= 4 is 48.6 Å². The summed E-state index contributed by atoms with van der Waals surface area (Å²) in [5.74, 6) is 0. The van der Waals surface area contributed by atoms with Crippen molar-refractivity contribution in [1.29, 1.82) is 0 Å². The Hall–Kier alpha value is -7.00. The van der Waals surface area contributed by atoms with E-state index in [1.807, 2.05) is 11.3 Å². The predicted octanol–water partition coefficient (Wildman–Crippen LogP) is 15.2. The Morgan fingerprint density at radius 1 is 0.373 bits per heavy atom. The van der Waals surface area contributed by atoms with Crippen molar-refractivity contribution < 1.29 is 0 Å². The number of anilines is 3. The van der Waals surface area contributed by atoms with Crippen molar-refractivity contribution in [3.63, 3.8) is 0 Å². The van der Waals surface area contributed by atoms with E-state index in [0.717, 1.165) is 11.4 Å². The Morgan fingerprint density at radius 3 is 1.63 bits per heavy atom. The van der Waals surface area contributed by atoms with E-state index in [-0.39, 0.29) is 5.41 Å². The van der Waals surface area contributed by atoms with Crippen LogP contribution < -0.4 is 4.90 Å². The number of nitrogens with zero attached hydrogens (tertiary/aromatic N) is 1. The van der Waals surface area contributed by atoms with Crippen LogP contribution in [0.5, 0.6) is 0 Å². The molecule has 12 rings (SSSR count). The number of fused-ring (bicyclic) bond motifs is 9. The van der Waals surface area contributed by atoms with Gasteiger partial charge in [0.25, 0.3) is 0 Å². The highest BCUT2D eigenvalue weighted by Gasteiger charge is 2.46. The lowest BCUT2D eigenvalue weighted by atomic mass is 9.68. The van der Waals surface area contributed by atoms with Crippen molar-refractivity contribution in [2.45, 2.75) is 17.8 Å². The minimum Gasteiger partial charge on any atom is -0.310 e. The molecule has 0 radical (unpaired) electrons. The minimum atomic E-state index is -0.460. The monoisotopic (exact) mass is 769 g/mol. The summed E-state index contributed by atoms with van der Waals surface area (Å²) in [6, 6.07) is 81.4. The molecule has 9 aromatic carbocycles. The SMILES string of the molecule is CC1(c2ccccc2)c2ccccc2-c2ccc(N(c3ccc4c(c3)-c3ccccc3C4(c3ccccc3)c3ccccc3)c3cccc4sc5ccccc5c34)cc21. The second-order valence-corrected chi connectivity index (χ2v) is 17.2. The summed E-state index contributed by atoms with van der Waals surface area (Å²) in [5.41, 5.74) is 17.0. The molecule has 0 saturated carbocycles. The minimum absolute atomic E-state index is 0.322. The first kappa shape index (κ1) is 34.1. The fourth-order valence-corrected chi connectivity index (χ4v) is 11.8. The van der Waals surface area contributed by atoms with Gasteiger partial charge in [-0.25, -0.2) is 0 Å². The Labute approximate surface area is 349 Å². The number of hydrogen-bond donors (Lipinski definition) is 0. The van der Waals surface area contributed by atoms with Gasteiger partial charge < -0.3 is 4.90 Å². The van der Waals surface area contributed by atoms with E-state index < -0.39 is 5.41 Å². The summed E-state index contributed by atoms with van der Waals surface area (Å²) in [6.07, 6.45) is 0. The Bertz CT molecular complexity index is 3200. The van der Waals surface area contributed by atoms with Crippen LogP contribution in [-0.2, 0) is 10.8 Å². The van der Waals surface area contributed by atoms with E-state index in [2.05, 4.69) is 230 Å². The number of rotatable bonds is 6. The molecule has 1 nitrogen and oxygen atoms in total. The molecule has 59 heavy (non-hydrogen) atoms. The lowest BCUT2D eigenvalue weighted by molar-refractivity contribution is 0.714. The van der Waals surface area contributed by atoms with Gasteiger partial charge in [-0.3, -0.25) is 0 Å². The summed E-state index contributed by atoms with van der Waals surface area (Å²) < 4.78 is 2.59. The molecule has 1 atom stereocenters. The molecule has 0 spiro atoms. The van der Waals surface area contributed by atoms with Crippen LogP contribution in [0.2, 0.25) is 0 Å². The third-order valence-electron chi connectivity index (χ3n) is 13.2. The topological polar surface area (TPSA) is 3.24 Å². The van der Waals surface area contributed by atoms with Crippen molar-refractivity contribution in [2.75, 3.05) is 4.90 Å². The van der Waals surface area contributed by atoms with Crippen LogP contribution in [0.15, 0.2) is 218 Å². The highest BCUT2D eigenvalue weighted by Crippen LogP contribution is 2.58. The molecule has 1 aromatic heterocycles. The zero-order valence-corrected chi connectivity index (χ0v) is 33.5. The van der Waals surface area contributed by atoms with Gasteiger partial charge >= 0.3 is 0 Å². The molecule has 2 heteroatoms. The zero-order valence-electron chi connectivity index (χ0n) is 32.6. The lowest BCUT2D eigenvalue weighted by Gasteiger charge is -2.34. The molecule has 1 unspecified atom stereocenters. The molecule has 2 aliphatic carbocycles. The average molecular weight is 770 g/mol. The fraction of sp³-hybridized carbons (Fsp3) is 0.0526. The maximum absolute atomic E-state index is 2.53. The van der Waals surface area contributed by atoms with Crippen molar-refractivity contribution in [3.05, 3.63) is 257 Å². The standard InChI is InChI=1S/C57H39NS/c1-56(38-18-5-2-6-19-38)48-27-14-11-24-43(48)45-34-32-42(37-51(45)56)58(52-29-17-31-54-55(52)46-26-13-16-30-53(46)59-54)41-33-35-50-47(36-41)44-25-12-15-28-49(44)57(50,39-20-7-3-8-21-39)40-22-9-4-10-23-40/h2-37H,1H3. The van der Waals surface area contributed by atoms with Crippen molar-refractivity contribution in [2.24, 2.45) is 0 Å². The van der Waals surface area contributed by atoms with Crippen LogP contribution in [0.25, 0.3) is 42.4 Å². The molecule has 10 aromatic rings. The van der Waals surface area contributed by atoms with Gasteiger partial charge in [0.15, 0.2) is 0 Å². The fourth-order valence-electron chi connectivity index (χ4n) is 10.6. The summed E-state index contributed by atoms with van der Waals surface area (Å²) in [5, 5.41) is 2.57. The molecular formula is C57H39NS. The van der Waals surface area contributed by atoms with E-state index in [0.29, 0.717) is 0 Å². The normalized spacial score (nSPS) is 15.7. The van der Waals surface area contributed by atoms with Crippen LogP contribution >= 0.6 is 11.3 Å². The van der Waals surface area contributed by atoms with Gasteiger partial charge in [-0.2, -0.15) is 0 Å². The van der Waals surface area contributed by atoms with E-state index in [1.165, 1.54) is 87.1 Å². The highest BCUT2D eigenvalue weighted by molar-refractivity contribution is 7.26. The molecule has 0 aliphatic heterocycles. The molecule has 0 N–H and O–H groups in total. The smallest absolute Gasteiger partial charge is 0.0713 e. The highest BCUT2D eigenvalue weighted by atomic mass is 32.1. The van der Waals surface area contributed by atoms with Crippen LogP contribution in [-0.4, -0.2) is 0 Å². The third kappa shape index (κ3) is 4.78. The first-order valence-corrected chi connectivity index (χ1v) is 21.3. The maximum atomic E-state index is 2.53. The maximum Gasteiger partial charge on any atom is 0.0713 e. The molecule has 0 bridgehead atoms. The summed E-state index contributed by atoms with van der Waals surface area (Å²) in [6.45, 7) is 2.41. The van der Waals surface area contributed by atoms with Gasteiger partial charge in [-0.15, -0.1) is 11.3 Å². The van der Waals surface area contributed by atoms with Crippen molar-refractivity contribution in [1.82, 2.24) is 0 Å². The summed E-state index contributed by atoms with van der Waals surface area (Å²) in [7, 11) is 0. The largest absolute Gasteiger partial charge is 0.310 e. The first-order valence-electron chi connectivity index (χ1n) is 20.5. The van der Waals surface area contributed by atoms with Gasteiger partial charge in [-0.1, -0.05) is 176 Å². The number of benzene rings is 9. The second kappa shape index (κ2) is 13.0. The van der Waals surface area contributed by atoms with Crippen LogP contribution in [0, 0.1) is 0 Å². The third-order valence-corrected chi connectivity index (χ3v) is 14.4. The van der Waals surface area contributed by atoms with Crippen molar-refractivity contribution in [3.8, 4) is 22.3 Å². The molecule has 0 fully saturated rings. The van der Waals surface area contributed by atoms with Gasteiger partial charge in [0.2, 0.25) is 0 Å². The molecule has 0 amide bonds. The number of hydrogen-bond acceptors (Lipinski definition) is 2. The quantitative estimate of drug-likeness (QED) is 0.163. The summed E-state index contributed by atoms with van der Waals surface area (Å²) >= 11 is 1.87. The van der Waals surface area contributed by atoms with E-state index in [9.17, 15) is 0 Å². The zero-order chi connectivity index (χ0) is 39.1. The van der Waals surface area contributed by atoms with Gasteiger partial charge in [0.05, 0.1) is 11.1 Å². The molecule has 0 saturated heterocycles. The van der Waals surface area contributed by atoms with Gasteiger partial charge in [-0.05, 0) is 111 Å². The lowest BCUT2D eigenvalue weighted by Crippen LogP contribution is -2.28. The van der Waals surface area contributed by atoms with Crippen LogP contribution in [0.1, 0.15) is 45.9 Å². The van der Waals surface area contributed by atoms with Gasteiger partial charge in [0.1, 0.15) is 0 Å². The van der Waals surface area contributed by atoms with Crippen LogP contribution in [0.4, 0.5) is 17.1 Å². The Balaban J connectivity index is 1.14.